The van der Waals surface area contributed by atoms with Crippen molar-refractivity contribution in [3.63, 3.8) is 0 Å². The molecule has 3 aromatic heterocycles. The fraction of sp³-hybridized carbons (Fsp3) is 0.188. The van der Waals surface area contributed by atoms with E-state index in [1.807, 2.05) is 6.07 Å². The smallest absolute Gasteiger partial charge is 0.254 e. The van der Waals surface area contributed by atoms with Crippen LogP contribution < -0.4 is 21.1 Å². The highest BCUT2D eigenvalue weighted by molar-refractivity contribution is 5.97. The number of primary amides is 1. The van der Waals surface area contributed by atoms with E-state index in [0.29, 0.717) is 24.2 Å². The first-order valence-electron chi connectivity index (χ1n) is 7.71. The number of rotatable bonds is 7. The molecular formula is C16H18N8O2. The Morgan fingerprint density at radius 2 is 2.19 bits per heavy atom. The van der Waals surface area contributed by atoms with Crippen molar-refractivity contribution >= 4 is 23.4 Å². The number of aromatic nitrogens is 5. The van der Waals surface area contributed by atoms with Gasteiger partial charge in [0, 0.05) is 37.7 Å². The molecule has 10 heteroatoms. The SMILES string of the molecule is COc1ncccc1CNc1nc(Nc2cnn(C)c2)ncc1C(N)=O. The number of nitrogens with zero attached hydrogens (tertiary/aromatic N) is 5. The van der Waals surface area contributed by atoms with Crippen LogP contribution in [0, 0.1) is 0 Å². The maximum absolute atomic E-state index is 11.7. The molecule has 0 aliphatic rings. The van der Waals surface area contributed by atoms with Crippen molar-refractivity contribution in [2.45, 2.75) is 6.54 Å². The van der Waals surface area contributed by atoms with Gasteiger partial charge in [0.2, 0.25) is 11.8 Å². The maximum Gasteiger partial charge on any atom is 0.254 e. The highest BCUT2D eigenvalue weighted by Gasteiger charge is 2.13. The lowest BCUT2D eigenvalue weighted by molar-refractivity contribution is 0.100. The zero-order chi connectivity index (χ0) is 18.5. The van der Waals surface area contributed by atoms with Gasteiger partial charge in [-0.2, -0.15) is 10.1 Å². The van der Waals surface area contributed by atoms with E-state index in [9.17, 15) is 4.79 Å². The molecule has 0 saturated heterocycles. The molecule has 3 aromatic rings. The number of carbonyl (C=O) groups excluding carboxylic acids is 1. The van der Waals surface area contributed by atoms with Gasteiger partial charge in [-0.15, -0.1) is 0 Å². The number of anilines is 3. The van der Waals surface area contributed by atoms with Crippen LogP contribution in [0.25, 0.3) is 0 Å². The molecule has 134 valence electrons. The predicted molar refractivity (Wildman–Crippen MR) is 95.2 cm³/mol. The molecule has 0 aliphatic carbocycles. The third-order valence-electron chi connectivity index (χ3n) is 3.50. The molecule has 10 nitrogen and oxygen atoms in total. The third-order valence-corrected chi connectivity index (χ3v) is 3.50. The molecule has 0 spiro atoms. The highest BCUT2D eigenvalue weighted by Crippen LogP contribution is 2.20. The largest absolute Gasteiger partial charge is 0.481 e. The molecule has 0 unspecified atom stereocenters. The lowest BCUT2D eigenvalue weighted by atomic mass is 10.2. The molecule has 0 atom stereocenters. The number of ether oxygens (including phenoxy) is 1. The minimum Gasteiger partial charge on any atom is -0.481 e. The highest BCUT2D eigenvalue weighted by atomic mass is 16.5. The Kier molecular flexibility index (Phi) is 4.92. The molecule has 0 bridgehead atoms. The summed E-state index contributed by atoms with van der Waals surface area (Å²) in [5.41, 5.74) is 7.13. The van der Waals surface area contributed by atoms with E-state index in [2.05, 4.69) is 30.7 Å². The molecule has 1 amide bonds. The van der Waals surface area contributed by atoms with Crippen LogP contribution in [-0.2, 0) is 13.6 Å². The predicted octanol–water partition coefficient (Wildman–Crippen LogP) is 1.07. The van der Waals surface area contributed by atoms with Gasteiger partial charge >= 0.3 is 0 Å². The van der Waals surface area contributed by atoms with Crippen LogP contribution >= 0.6 is 0 Å². The molecule has 0 aromatic carbocycles. The Labute approximate surface area is 149 Å². The van der Waals surface area contributed by atoms with Crippen molar-refractivity contribution in [3.8, 4) is 5.88 Å². The number of aryl methyl sites for hydroxylation is 1. The van der Waals surface area contributed by atoms with Gasteiger partial charge in [-0.3, -0.25) is 9.48 Å². The number of nitrogens with two attached hydrogens (primary N) is 1. The summed E-state index contributed by atoms with van der Waals surface area (Å²) in [6, 6.07) is 3.66. The zero-order valence-electron chi connectivity index (χ0n) is 14.3. The summed E-state index contributed by atoms with van der Waals surface area (Å²) in [6.07, 6.45) is 6.42. The summed E-state index contributed by atoms with van der Waals surface area (Å²) in [4.78, 5) is 24.2. The van der Waals surface area contributed by atoms with Crippen molar-refractivity contribution in [1.82, 2.24) is 24.7 Å². The second kappa shape index (κ2) is 7.47. The molecule has 0 saturated carbocycles. The topological polar surface area (TPSA) is 133 Å². The second-order valence-electron chi connectivity index (χ2n) is 5.37. The average Bonchev–Trinajstić information content (AvgIpc) is 3.04. The van der Waals surface area contributed by atoms with Crippen LogP contribution in [0.4, 0.5) is 17.5 Å². The minimum atomic E-state index is -0.626. The van der Waals surface area contributed by atoms with Crippen LogP contribution in [0.2, 0.25) is 0 Å². The first-order valence-corrected chi connectivity index (χ1v) is 7.71. The Balaban J connectivity index is 1.83. The monoisotopic (exact) mass is 354 g/mol. The summed E-state index contributed by atoms with van der Waals surface area (Å²) in [6.45, 7) is 0.348. The van der Waals surface area contributed by atoms with Crippen LogP contribution in [0.15, 0.2) is 36.9 Å². The average molecular weight is 354 g/mol. The normalized spacial score (nSPS) is 10.4. The number of pyridine rings is 1. The molecule has 0 aliphatic heterocycles. The summed E-state index contributed by atoms with van der Waals surface area (Å²) >= 11 is 0. The number of hydrogen-bond donors (Lipinski definition) is 3. The Bertz CT molecular complexity index is 924. The van der Waals surface area contributed by atoms with E-state index in [1.165, 1.54) is 6.20 Å². The van der Waals surface area contributed by atoms with E-state index < -0.39 is 5.91 Å². The van der Waals surface area contributed by atoms with Crippen molar-refractivity contribution in [2.24, 2.45) is 12.8 Å². The Morgan fingerprint density at radius 1 is 1.35 bits per heavy atom. The summed E-state index contributed by atoms with van der Waals surface area (Å²) in [5.74, 6) is 0.482. The molecule has 3 heterocycles. The maximum atomic E-state index is 11.7. The van der Waals surface area contributed by atoms with Gasteiger partial charge in [0.05, 0.1) is 24.6 Å². The minimum absolute atomic E-state index is 0.185. The van der Waals surface area contributed by atoms with Crippen molar-refractivity contribution < 1.29 is 9.53 Å². The van der Waals surface area contributed by atoms with E-state index in [1.54, 1.807) is 43.5 Å². The Hall–Kier alpha value is -3.69. The van der Waals surface area contributed by atoms with Gasteiger partial charge in [0.25, 0.3) is 5.91 Å². The van der Waals surface area contributed by atoms with Crippen LogP contribution in [0.3, 0.4) is 0 Å². The molecule has 0 radical (unpaired) electrons. The van der Waals surface area contributed by atoms with Crippen molar-refractivity contribution in [3.05, 3.63) is 48.0 Å². The van der Waals surface area contributed by atoms with Gasteiger partial charge in [-0.1, -0.05) is 6.07 Å². The van der Waals surface area contributed by atoms with Gasteiger partial charge in [-0.25, -0.2) is 9.97 Å². The zero-order valence-corrected chi connectivity index (χ0v) is 14.3. The van der Waals surface area contributed by atoms with E-state index in [4.69, 9.17) is 10.5 Å². The van der Waals surface area contributed by atoms with Crippen LogP contribution in [0.1, 0.15) is 15.9 Å². The first-order chi connectivity index (χ1) is 12.6. The summed E-state index contributed by atoms with van der Waals surface area (Å²) in [5, 5.41) is 10.2. The molecule has 3 rings (SSSR count). The van der Waals surface area contributed by atoms with Gasteiger partial charge in [0.15, 0.2) is 0 Å². The molecule has 0 fully saturated rings. The third kappa shape index (κ3) is 3.86. The van der Waals surface area contributed by atoms with E-state index in [-0.39, 0.29) is 5.56 Å². The van der Waals surface area contributed by atoms with Gasteiger partial charge < -0.3 is 21.1 Å². The Morgan fingerprint density at radius 3 is 2.88 bits per heavy atom. The molecular weight excluding hydrogens is 336 g/mol. The number of methoxy groups -OCH3 is 1. The van der Waals surface area contributed by atoms with E-state index in [0.717, 1.165) is 11.3 Å². The van der Waals surface area contributed by atoms with E-state index >= 15 is 0 Å². The quantitative estimate of drug-likeness (QED) is 0.574. The van der Waals surface area contributed by atoms with Gasteiger partial charge in [0.1, 0.15) is 5.82 Å². The second-order valence-corrected chi connectivity index (χ2v) is 5.37. The summed E-state index contributed by atoms with van der Waals surface area (Å²) in [7, 11) is 3.35. The molecule has 4 N–H and O–H groups in total. The fourth-order valence-electron chi connectivity index (χ4n) is 2.29. The fourth-order valence-corrected chi connectivity index (χ4v) is 2.29. The lowest BCUT2D eigenvalue weighted by Crippen LogP contribution is -2.17. The van der Waals surface area contributed by atoms with Crippen molar-refractivity contribution in [2.75, 3.05) is 17.7 Å². The van der Waals surface area contributed by atoms with Crippen molar-refractivity contribution in [1.29, 1.82) is 0 Å². The lowest BCUT2D eigenvalue weighted by Gasteiger charge is -2.12. The van der Waals surface area contributed by atoms with Crippen LogP contribution in [-0.4, -0.2) is 37.7 Å². The number of amides is 1. The molecule has 26 heavy (non-hydrogen) atoms. The first kappa shape index (κ1) is 17.1. The standard InChI is InChI=1S/C16H18N8O2/c1-24-9-11(7-21-24)22-16-20-8-12(13(17)25)14(23-16)19-6-10-4-3-5-18-15(10)26-2/h3-5,7-9H,6H2,1-2H3,(H2,17,25)(H2,19,20,22,23). The number of hydrogen-bond acceptors (Lipinski definition) is 8. The van der Waals surface area contributed by atoms with Gasteiger partial charge in [-0.05, 0) is 6.07 Å². The number of nitrogens with one attached hydrogen (secondary N) is 2. The number of carbonyl (C=O) groups is 1. The summed E-state index contributed by atoms with van der Waals surface area (Å²) < 4.78 is 6.87. The van der Waals surface area contributed by atoms with Crippen LogP contribution in [0.5, 0.6) is 5.88 Å².